The Morgan fingerprint density at radius 1 is 1.41 bits per heavy atom. The Morgan fingerprint density at radius 2 is 2.18 bits per heavy atom. The van der Waals surface area contributed by atoms with Gasteiger partial charge in [0.1, 0.15) is 10.8 Å². The maximum absolute atomic E-state index is 6.10. The van der Waals surface area contributed by atoms with Gasteiger partial charge >= 0.3 is 0 Å². The number of aryl methyl sites for hydroxylation is 1. The van der Waals surface area contributed by atoms with Gasteiger partial charge in [0.25, 0.3) is 0 Å². The van der Waals surface area contributed by atoms with E-state index in [2.05, 4.69) is 12.0 Å². The molecule has 0 aliphatic carbocycles. The minimum absolute atomic E-state index is 0.626. The van der Waals surface area contributed by atoms with E-state index in [4.69, 9.17) is 17.3 Å². The average molecular weight is 268 g/mol. The highest BCUT2D eigenvalue weighted by molar-refractivity contribution is 7.99. The number of thioether (sulfide) groups is 1. The van der Waals surface area contributed by atoms with E-state index >= 15 is 0 Å². The van der Waals surface area contributed by atoms with Crippen molar-refractivity contribution in [3.8, 4) is 5.69 Å². The number of nitrogens with zero attached hydrogens (tertiary/aromatic N) is 2. The third-order valence-corrected chi connectivity index (χ3v) is 3.60. The van der Waals surface area contributed by atoms with Crippen molar-refractivity contribution in [1.29, 1.82) is 0 Å². The SMILES string of the molecule is CCSc1cc(N)n(-c2ccc(C)c(Cl)c2)n1. The highest BCUT2D eigenvalue weighted by Gasteiger charge is 2.08. The second kappa shape index (κ2) is 5.02. The minimum atomic E-state index is 0.626. The summed E-state index contributed by atoms with van der Waals surface area (Å²) in [6.07, 6.45) is 0. The molecule has 0 atom stereocenters. The van der Waals surface area contributed by atoms with E-state index in [0.717, 1.165) is 27.1 Å². The second-order valence-corrected chi connectivity index (χ2v) is 5.38. The second-order valence-electron chi connectivity index (χ2n) is 3.69. The molecule has 90 valence electrons. The van der Waals surface area contributed by atoms with Gasteiger partial charge in [0.05, 0.1) is 5.69 Å². The van der Waals surface area contributed by atoms with Crippen LogP contribution in [0.1, 0.15) is 12.5 Å². The van der Waals surface area contributed by atoms with Gasteiger partial charge in [0.15, 0.2) is 0 Å². The number of hydrogen-bond acceptors (Lipinski definition) is 3. The molecule has 0 fully saturated rings. The first kappa shape index (κ1) is 12.3. The lowest BCUT2D eigenvalue weighted by atomic mass is 10.2. The molecule has 0 aliphatic heterocycles. The summed E-state index contributed by atoms with van der Waals surface area (Å²) in [7, 11) is 0. The third-order valence-electron chi connectivity index (χ3n) is 2.41. The summed E-state index contributed by atoms with van der Waals surface area (Å²) in [4.78, 5) is 0. The van der Waals surface area contributed by atoms with E-state index in [-0.39, 0.29) is 0 Å². The Bertz CT molecular complexity index is 537. The molecule has 1 aromatic heterocycles. The lowest BCUT2D eigenvalue weighted by Gasteiger charge is -2.05. The van der Waals surface area contributed by atoms with Crippen LogP contribution in [0.15, 0.2) is 29.3 Å². The van der Waals surface area contributed by atoms with E-state index in [9.17, 15) is 0 Å². The Labute approximate surface area is 110 Å². The molecule has 2 aromatic rings. The molecule has 17 heavy (non-hydrogen) atoms. The lowest BCUT2D eigenvalue weighted by molar-refractivity contribution is 0.845. The van der Waals surface area contributed by atoms with Gasteiger partial charge < -0.3 is 5.73 Å². The molecule has 0 radical (unpaired) electrons. The number of hydrogen-bond donors (Lipinski definition) is 1. The Balaban J connectivity index is 2.41. The highest BCUT2D eigenvalue weighted by Crippen LogP contribution is 2.24. The molecule has 1 aromatic carbocycles. The van der Waals surface area contributed by atoms with Crippen molar-refractivity contribution in [3.05, 3.63) is 34.9 Å². The monoisotopic (exact) mass is 267 g/mol. The fourth-order valence-corrected chi connectivity index (χ4v) is 2.33. The first-order valence-electron chi connectivity index (χ1n) is 5.36. The summed E-state index contributed by atoms with van der Waals surface area (Å²) >= 11 is 7.76. The van der Waals surface area contributed by atoms with Crippen molar-refractivity contribution < 1.29 is 0 Å². The Kier molecular flexibility index (Phi) is 3.64. The van der Waals surface area contributed by atoms with Crippen LogP contribution in [0.2, 0.25) is 5.02 Å². The van der Waals surface area contributed by atoms with Gasteiger partial charge in [-0.25, -0.2) is 4.68 Å². The van der Waals surface area contributed by atoms with Crippen LogP contribution in [0.25, 0.3) is 5.69 Å². The first-order valence-corrected chi connectivity index (χ1v) is 6.73. The molecule has 0 saturated heterocycles. The van der Waals surface area contributed by atoms with Crippen molar-refractivity contribution in [2.75, 3.05) is 11.5 Å². The number of rotatable bonds is 3. The van der Waals surface area contributed by atoms with E-state index in [1.807, 2.05) is 31.2 Å². The standard InChI is InChI=1S/C12H14ClN3S/c1-3-17-12-7-11(14)16(15-12)9-5-4-8(2)10(13)6-9/h4-7H,3,14H2,1-2H3. The summed E-state index contributed by atoms with van der Waals surface area (Å²) < 4.78 is 1.71. The zero-order chi connectivity index (χ0) is 12.4. The van der Waals surface area contributed by atoms with E-state index in [0.29, 0.717) is 5.82 Å². The molecule has 0 amide bonds. The van der Waals surface area contributed by atoms with Crippen LogP contribution in [-0.4, -0.2) is 15.5 Å². The van der Waals surface area contributed by atoms with Gasteiger partial charge in [-0.05, 0) is 30.4 Å². The Morgan fingerprint density at radius 3 is 2.82 bits per heavy atom. The van der Waals surface area contributed by atoms with Crippen molar-refractivity contribution in [3.63, 3.8) is 0 Å². The van der Waals surface area contributed by atoms with Crippen molar-refractivity contribution in [1.82, 2.24) is 9.78 Å². The van der Waals surface area contributed by atoms with Crippen LogP contribution in [-0.2, 0) is 0 Å². The maximum atomic E-state index is 6.10. The predicted molar refractivity (Wildman–Crippen MR) is 74.1 cm³/mol. The third kappa shape index (κ3) is 2.58. The van der Waals surface area contributed by atoms with Crippen molar-refractivity contribution in [2.24, 2.45) is 0 Å². The molecule has 1 heterocycles. The largest absolute Gasteiger partial charge is 0.384 e. The number of halogens is 1. The van der Waals surface area contributed by atoms with Gasteiger partial charge in [-0.15, -0.1) is 11.8 Å². The van der Waals surface area contributed by atoms with Crippen LogP contribution in [0.5, 0.6) is 0 Å². The molecule has 0 bridgehead atoms. The maximum Gasteiger partial charge on any atom is 0.128 e. The topological polar surface area (TPSA) is 43.8 Å². The molecule has 0 unspecified atom stereocenters. The molecule has 2 rings (SSSR count). The number of nitrogen functional groups attached to an aromatic ring is 1. The molecule has 2 N–H and O–H groups in total. The first-order chi connectivity index (χ1) is 8.11. The summed E-state index contributed by atoms with van der Waals surface area (Å²) in [5.74, 6) is 1.60. The molecule has 0 aliphatic rings. The smallest absolute Gasteiger partial charge is 0.128 e. The average Bonchev–Trinajstić information content (AvgIpc) is 2.64. The zero-order valence-electron chi connectivity index (χ0n) is 9.77. The van der Waals surface area contributed by atoms with Gasteiger partial charge in [0.2, 0.25) is 0 Å². The molecular weight excluding hydrogens is 254 g/mol. The van der Waals surface area contributed by atoms with Crippen LogP contribution >= 0.6 is 23.4 Å². The molecule has 3 nitrogen and oxygen atoms in total. The van der Waals surface area contributed by atoms with Crippen LogP contribution in [0.3, 0.4) is 0 Å². The number of nitrogens with two attached hydrogens (primary N) is 1. The van der Waals surface area contributed by atoms with E-state index in [1.54, 1.807) is 16.4 Å². The fraction of sp³-hybridized carbons (Fsp3) is 0.250. The Hall–Kier alpha value is -1.13. The van der Waals surface area contributed by atoms with Crippen LogP contribution in [0.4, 0.5) is 5.82 Å². The van der Waals surface area contributed by atoms with Gasteiger partial charge in [0, 0.05) is 11.1 Å². The number of anilines is 1. The number of aromatic nitrogens is 2. The molecular formula is C12H14ClN3S. The zero-order valence-corrected chi connectivity index (χ0v) is 11.3. The van der Waals surface area contributed by atoms with Gasteiger partial charge in [-0.3, -0.25) is 0 Å². The summed E-state index contributed by atoms with van der Waals surface area (Å²) in [5.41, 5.74) is 7.87. The van der Waals surface area contributed by atoms with Gasteiger partial charge in [-0.1, -0.05) is 24.6 Å². The summed E-state index contributed by atoms with van der Waals surface area (Å²) in [6.45, 7) is 4.06. The van der Waals surface area contributed by atoms with E-state index in [1.165, 1.54) is 0 Å². The lowest BCUT2D eigenvalue weighted by Crippen LogP contribution is -2.01. The molecule has 5 heteroatoms. The molecule has 0 saturated carbocycles. The van der Waals surface area contributed by atoms with Crippen molar-refractivity contribution >= 4 is 29.2 Å². The minimum Gasteiger partial charge on any atom is -0.384 e. The van der Waals surface area contributed by atoms with Crippen LogP contribution < -0.4 is 5.73 Å². The van der Waals surface area contributed by atoms with Crippen LogP contribution in [0, 0.1) is 6.92 Å². The summed E-state index contributed by atoms with van der Waals surface area (Å²) in [5, 5.41) is 6.09. The highest BCUT2D eigenvalue weighted by atomic mass is 35.5. The quantitative estimate of drug-likeness (QED) is 0.866. The number of benzene rings is 1. The normalized spacial score (nSPS) is 10.8. The predicted octanol–water partition coefficient (Wildman–Crippen LogP) is 3.53. The van der Waals surface area contributed by atoms with E-state index < -0.39 is 0 Å². The fourth-order valence-electron chi connectivity index (χ4n) is 1.51. The molecule has 0 spiro atoms. The van der Waals surface area contributed by atoms with Gasteiger partial charge in [-0.2, -0.15) is 5.10 Å². The van der Waals surface area contributed by atoms with Crippen molar-refractivity contribution in [2.45, 2.75) is 18.9 Å². The summed E-state index contributed by atoms with van der Waals surface area (Å²) in [6, 6.07) is 7.68.